The van der Waals surface area contributed by atoms with Crippen molar-refractivity contribution >= 4 is 42.0 Å². The first-order chi connectivity index (χ1) is 18.0. The van der Waals surface area contributed by atoms with Crippen LogP contribution in [-0.2, 0) is 26.6 Å². The Balaban J connectivity index is 1.39. The summed E-state index contributed by atoms with van der Waals surface area (Å²) in [5.41, 5.74) is 1.06. The number of aromatic nitrogens is 1. The highest BCUT2D eigenvalue weighted by atomic mass is 32.2. The van der Waals surface area contributed by atoms with Gasteiger partial charge in [-0.2, -0.15) is 4.31 Å². The fourth-order valence-electron chi connectivity index (χ4n) is 4.18. The second kappa shape index (κ2) is 9.99. The fraction of sp³-hybridized carbons (Fsp3) is 0.222. The predicted octanol–water partition coefficient (Wildman–Crippen LogP) is 4.77. The van der Waals surface area contributed by atoms with Crippen molar-refractivity contribution in [2.75, 3.05) is 13.1 Å². The summed E-state index contributed by atoms with van der Waals surface area (Å²) in [6, 6.07) is 16.3. The van der Waals surface area contributed by atoms with Crippen molar-refractivity contribution in [3.8, 4) is 0 Å². The molecule has 0 aliphatic heterocycles. The molecule has 0 aliphatic rings. The summed E-state index contributed by atoms with van der Waals surface area (Å²) < 4.78 is 68.5. The van der Waals surface area contributed by atoms with Gasteiger partial charge in [0.05, 0.1) is 22.3 Å². The van der Waals surface area contributed by atoms with Crippen LogP contribution in [0.25, 0.3) is 21.9 Å². The third kappa shape index (κ3) is 5.51. The highest BCUT2D eigenvalue weighted by Crippen LogP contribution is 2.28. The molecule has 0 bridgehead atoms. The lowest BCUT2D eigenvalue weighted by molar-refractivity contribution is 0.255. The Morgan fingerprint density at radius 2 is 1.50 bits per heavy atom. The van der Waals surface area contributed by atoms with Crippen molar-refractivity contribution in [1.82, 2.24) is 14.0 Å². The molecule has 0 saturated heterocycles. The lowest BCUT2D eigenvalue weighted by Crippen LogP contribution is -2.44. The largest absolute Gasteiger partial charge is 0.464 e. The van der Waals surface area contributed by atoms with Gasteiger partial charge < -0.3 is 8.83 Å². The van der Waals surface area contributed by atoms with Crippen LogP contribution in [0.5, 0.6) is 0 Å². The van der Waals surface area contributed by atoms with Crippen LogP contribution in [0.15, 0.2) is 104 Å². The van der Waals surface area contributed by atoms with Crippen LogP contribution in [0.4, 0.5) is 0 Å². The molecule has 5 rings (SSSR count). The first kappa shape index (κ1) is 26.1. The second-order valence-electron chi connectivity index (χ2n) is 9.86. The van der Waals surface area contributed by atoms with E-state index in [9.17, 15) is 16.8 Å². The Bertz CT molecular complexity index is 1790. The lowest BCUT2D eigenvalue weighted by atomic mass is 9.94. The summed E-state index contributed by atoms with van der Waals surface area (Å²) in [6.07, 6.45) is 6.21. The van der Waals surface area contributed by atoms with Crippen LogP contribution >= 0.6 is 0 Å². The zero-order chi connectivity index (χ0) is 27.0. The van der Waals surface area contributed by atoms with Crippen LogP contribution in [0.3, 0.4) is 0 Å². The highest BCUT2D eigenvalue weighted by molar-refractivity contribution is 7.89. The summed E-state index contributed by atoms with van der Waals surface area (Å²) >= 11 is 0. The predicted molar refractivity (Wildman–Crippen MR) is 143 cm³/mol. The third-order valence-electron chi connectivity index (χ3n) is 6.25. The molecular formula is C27H27N3O6S2. The Morgan fingerprint density at radius 3 is 2.26 bits per heavy atom. The molecule has 11 heteroatoms. The third-order valence-corrected chi connectivity index (χ3v) is 9.44. The van der Waals surface area contributed by atoms with Gasteiger partial charge in [-0.05, 0) is 65.6 Å². The standard InChI is InChI=1S/C27H27N3O6S2/c1-27(2,18-29-37(31,32)23-5-6-25-22(15-23)10-14-35-25)19-30(17-20-7-11-28-12-8-20)38(33,34)24-4-3-21-9-13-36-26(21)16-24/h3-16,29H,17-19H2,1-2H3. The summed E-state index contributed by atoms with van der Waals surface area (Å²) in [5.74, 6) is 0. The average molecular weight is 554 g/mol. The molecule has 0 fully saturated rings. The highest BCUT2D eigenvalue weighted by Gasteiger charge is 2.32. The first-order valence-corrected chi connectivity index (χ1v) is 14.8. The molecule has 3 heterocycles. The smallest absolute Gasteiger partial charge is 0.243 e. The van der Waals surface area contributed by atoms with Crippen molar-refractivity contribution in [1.29, 1.82) is 0 Å². The zero-order valence-electron chi connectivity index (χ0n) is 20.9. The van der Waals surface area contributed by atoms with E-state index in [2.05, 4.69) is 9.71 Å². The number of rotatable bonds is 10. The Kier molecular flexibility index (Phi) is 6.86. The van der Waals surface area contributed by atoms with Crippen LogP contribution in [0.2, 0.25) is 0 Å². The van der Waals surface area contributed by atoms with E-state index in [1.165, 1.54) is 29.0 Å². The van der Waals surface area contributed by atoms with E-state index in [0.29, 0.717) is 16.6 Å². The minimum atomic E-state index is -3.96. The average Bonchev–Trinajstić information content (AvgIpc) is 3.56. The minimum Gasteiger partial charge on any atom is -0.464 e. The molecule has 2 aromatic carbocycles. The molecule has 0 unspecified atom stereocenters. The Labute approximate surface area is 221 Å². The fourth-order valence-corrected chi connectivity index (χ4v) is 7.09. The van der Waals surface area contributed by atoms with Gasteiger partial charge in [0.2, 0.25) is 20.0 Å². The van der Waals surface area contributed by atoms with Crippen LogP contribution < -0.4 is 4.72 Å². The number of hydrogen-bond acceptors (Lipinski definition) is 7. The van der Waals surface area contributed by atoms with Crippen LogP contribution in [0.1, 0.15) is 19.4 Å². The molecule has 5 aromatic rings. The molecule has 0 aliphatic carbocycles. The molecule has 0 atom stereocenters. The van der Waals surface area contributed by atoms with Crippen LogP contribution in [0, 0.1) is 5.41 Å². The number of nitrogens with one attached hydrogen (secondary N) is 1. The molecule has 9 nitrogen and oxygen atoms in total. The van der Waals surface area contributed by atoms with E-state index < -0.39 is 25.5 Å². The molecule has 0 spiro atoms. The van der Waals surface area contributed by atoms with E-state index in [1.807, 2.05) is 13.8 Å². The summed E-state index contributed by atoms with van der Waals surface area (Å²) in [4.78, 5) is 4.22. The normalized spacial score (nSPS) is 13.0. The maximum atomic E-state index is 13.8. The maximum Gasteiger partial charge on any atom is 0.243 e. The number of hydrogen-bond donors (Lipinski definition) is 1. The topological polar surface area (TPSA) is 123 Å². The molecule has 0 radical (unpaired) electrons. The summed E-state index contributed by atoms with van der Waals surface area (Å²) in [7, 11) is -7.80. The van der Waals surface area contributed by atoms with E-state index in [0.717, 1.165) is 10.9 Å². The molecule has 1 N–H and O–H groups in total. The van der Waals surface area contributed by atoms with Gasteiger partial charge in [0.15, 0.2) is 0 Å². The van der Waals surface area contributed by atoms with Gasteiger partial charge in [0.25, 0.3) is 0 Å². The molecule has 0 saturated carbocycles. The van der Waals surface area contributed by atoms with Crippen molar-refractivity contribution < 1.29 is 25.7 Å². The van der Waals surface area contributed by atoms with Crippen molar-refractivity contribution in [3.63, 3.8) is 0 Å². The van der Waals surface area contributed by atoms with Gasteiger partial charge in [-0.25, -0.2) is 21.6 Å². The Hall–Kier alpha value is -3.51. The molecular weight excluding hydrogens is 526 g/mol. The van der Waals surface area contributed by atoms with Gasteiger partial charge in [0, 0.05) is 48.9 Å². The number of nitrogens with zero attached hydrogens (tertiary/aromatic N) is 2. The van der Waals surface area contributed by atoms with E-state index >= 15 is 0 Å². The number of sulfonamides is 2. The van der Waals surface area contributed by atoms with E-state index in [4.69, 9.17) is 8.83 Å². The van der Waals surface area contributed by atoms with Gasteiger partial charge in [-0.1, -0.05) is 13.8 Å². The van der Waals surface area contributed by atoms with E-state index in [1.54, 1.807) is 60.9 Å². The van der Waals surface area contributed by atoms with Gasteiger partial charge in [-0.15, -0.1) is 0 Å². The van der Waals surface area contributed by atoms with Crippen molar-refractivity contribution in [2.45, 2.75) is 30.2 Å². The second-order valence-corrected chi connectivity index (χ2v) is 13.6. The lowest BCUT2D eigenvalue weighted by Gasteiger charge is -2.32. The quantitative estimate of drug-likeness (QED) is 0.264. The van der Waals surface area contributed by atoms with Gasteiger partial charge in [-0.3, -0.25) is 4.98 Å². The van der Waals surface area contributed by atoms with Crippen molar-refractivity contribution in [3.05, 3.63) is 91.1 Å². The Morgan fingerprint density at radius 1 is 0.816 bits per heavy atom. The molecule has 38 heavy (non-hydrogen) atoms. The molecule has 0 amide bonds. The first-order valence-electron chi connectivity index (χ1n) is 11.9. The van der Waals surface area contributed by atoms with E-state index in [-0.39, 0.29) is 29.4 Å². The van der Waals surface area contributed by atoms with Crippen LogP contribution in [-0.4, -0.2) is 39.2 Å². The summed E-state index contributed by atoms with van der Waals surface area (Å²) in [6.45, 7) is 3.79. The SMILES string of the molecule is CC(C)(CNS(=O)(=O)c1ccc2occc2c1)CN(Cc1ccncc1)S(=O)(=O)c1ccc2ccoc2c1. The van der Waals surface area contributed by atoms with Gasteiger partial charge >= 0.3 is 0 Å². The zero-order valence-corrected chi connectivity index (χ0v) is 22.5. The number of pyridine rings is 1. The van der Waals surface area contributed by atoms with Crippen molar-refractivity contribution in [2.24, 2.45) is 5.41 Å². The molecule has 3 aromatic heterocycles. The van der Waals surface area contributed by atoms with Gasteiger partial charge in [0.1, 0.15) is 11.2 Å². The maximum absolute atomic E-state index is 13.8. The number of fused-ring (bicyclic) bond motifs is 2. The number of benzene rings is 2. The minimum absolute atomic E-state index is 0.0122. The number of furan rings is 2. The summed E-state index contributed by atoms with van der Waals surface area (Å²) in [5, 5.41) is 1.48. The monoisotopic (exact) mass is 553 g/mol. The molecule has 198 valence electrons.